The molecule has 0 aliphatic heterocycles. The van der Waals surface area contributed by atoms with Crippen LogP contribution in [-0.2, 0) is 0 Å². The van der Waals surface area contributed by atoms with E-state index in [-0.39, 0.29) is 124 Å². The predicted octanol–water partition coefficient (Wildman–Crippen LogP) is -8.67. The van der Waals surface area contributed by atoms with Crippen molar-refractivity contribution < 1.29 is 69.8 Å². The second-order valence-electron chi connectivity index (χ2n) is 0.283. The van der Waals surface area contributed by atoms with Gasteiger partial charge in [-0.1, -0.05) is 0 Å². The van der Waals surface area contributed by atoms with Gasteiger partial charge in [0.2, 0.25) is 0 Å². The molecule has 0 aromatic rings. The van der Waals surface area contributed by atoms with Gasteiger partial charge in [0, 0.05) is 0 Å². The summed E-state index contributed by atoms with van der Waals surface area (Å²) in [5, 5.41) is 13.9. The van der Waals surface area contributed by atoms with Gasteiger partial charge in [0.15, 0.2) is 0 Å². The molecule has 0 atom stereocenters. The first-order valence-electron chi connectivity index (χ1n) is 0.651. The normalized spacial score (nSPS) is 1.60. The van der Waals surface area contributed by atoms with Gasteiger partial charge >= 0.3 is 75.0 Å². The summed E-state index contributed by atoms with van der Waals surface area (Å²) >= 11 is 0. The predicted molar refractivity (Wildman–Crippen MR) is 53.9 cm³/mol. The van der Waals surface area contributed by atoms with Gasteiger partial charge in [0.05, 0.1) is 0 Å². The molecule has 0 radical (unpaired) electrons. The van der Waals surface area contributed by atoms with E-state index < -0.39 is 6.16 Å². The van der Waals surface area contributed by atoms with Crippen LogP contribution in [0.2, 0.25) is 0 Å². The molecule has 0 saturated carbocycles. The summed E-state index contributed by atoms with van der Waals surface area (Å²) in [5.41, 5.74) is 0. The molecule has 13 nitrogen and oxygen atoms in total. The van der Waals surface area contributed by atoms with E-state index >= 15 is 0 Å². The number of carboxylic acid groups (broad SMARTS) is 2. The summed E-state index contributed by atoms with van der Waals surface area (Å²) in [7, 11) is 0. The van der Waals surface area contributed by atoms with Gasteiger partial charge < -0.3 is 65.0 Å². The van der Waals surface area contributed by atoms with Gasteiger partial charge in [-0.3, -0.25) is 0 Å². The zero-order chi connectivity index (χ0) is 3.58. The SMILES string of the molecule is O.O.O.O.O.O.O.O.O.O.O=C(O)O.[CsH]. The molecular formula is CH23CsO13. The van der Waals surface area contributed by atoms with Crippen LogP contribution in [0.4, 0.5) is 4.79 Å². The average molecular weight is 376 g/mol. The Morgan fingerprint density at radius 2 is 0.533 bits per heavy atom. The van der Waals surface area contributed by atoms with Crippen LogP contribution in [0.25, 0.3) is 0 Å². The first-order valence-corrected chi connectivity index (χ1v) is 0.651. The molecule has 0 aromatic carbocycles. The maximum absolute atomic E-state index is 8.56. The molecule has 0 unspecified atom stereocenters. The molecule has 15 heavy (non-hydrogen) atoms. The number of carbonyl (C=O) groups is 1. The Bertz CT molecular complexity index is 33.5. The Hall–Kier alpha value is 0.922. The fraction of sp³-hybridized carbons (Fsp3) is 0. The average Bonchev–Trinajstić information content (AvgIpc) is 0.811. The van der Waals surface area contributed by atoms with Crippen molar-refractivity contribution in [2.24, 2.45) is 0 Å². The Morgan fingerprint density at radius 1 is 0.533 bits per heavy atom. The summed E-state index contributed by atoms with van der Waals surface area (Å²) in [6.07, 6.45) is -1.83. The first-order chi connectivity index (χ1) is 1.73. The standard InChI is InChI=1S/CH2O3.Cs.10H2O.H/c2-1(3)4;;;;;;;;;;;;/h(H2,2,3,4);;10*1H2;. The zero-order valence-electron chi connectivity index (χ0n) is 6.80. The summed E-state index contributed by atoms with van der Waals surface area (Å²) in [6.45, 7) is 0. The van der Waals surface area contributed by atoms with Crippen molar-refractivity contribution in [2.75, 3.05) is 0 Å². The molecule has 0 saturated heterocycles. The molecule has 0 fully saturated rings. The Labute approximate surface area is 143 Å². The van der Waals surface area contributed by atoms with Gasteiger partial charge in [-0.15, -0.1) is 0 Å². The number of hydrogen-bond acceptors (Lipinski definition) is 1. The van der Waals surface area contributed by atoms with Crippen molar-refractivity contribution in [1.29, 1.82) is 0 Å². The minimum absolute atomic E-state index is 0. The van der Waals surface area contributed by atoms with Crippen molar-refractivity contribution in [3.05, 3.63) is 0 Å². The van der Waals surface area contributed by atoms with Crippen LogP contribution in [0, 0.1) is 0 Å². The van der Waals surface area contributed by atoms with Crippen LogP contribution in [0.5, 0.6) is 0 Å². The van der Waals surface area contributed by atoms with Crippen molar-refractivity contribution in [2.45, 2.75) is 0 Å². The van der Waals surface area contributed by atoms with Crippen LogP contribution in [0.15, 0.2) is 0 Å². The third-order valence-electron chi connectivity index (χ3n) is 0. The molecule has 0 aliphatic rings. The van der Waals surface area contributed by atoms with Crippen LogP contribution in [-0.4, -0.2) is 140 Å². The number of rotatable bonds is 0. The maximum atomic E-state index is 8.56. The monoisotopic (exact) mass is 376 g/mol. The van der Waals surface area contributed by atoms with Gasteiger partial charge in [-0.05, 0) is 0 Å². The second-order valence-corrected chi connectivity index (χ2v) is 0.283. The second kappa shape index (κ2) is 188. The first kappa shape index (κ1) is 230. The van der Waals surface area contributed by atoms with Crippen LogP contribution < -0.4 is 0 Å². The minimum atomic E-state index is -1.83. The van der Waals surface area contributed by atoms with E-state index in [4.69, 9.17) is 15.0 Å². The topological polar surface area (TPSA) is 373 Å². The summed E-state index contributed by atoms with van der Waals surface area (Å²) in [4.78, 5) is 8.56. The third kappa shape index (κ3) is 2930. The van der Waals surface area contributed by atoms with Crippen LogP contribution >= 0.6 is 0 Å². The van der Waals surface area contributed by atoms with Gasteiger partial charge in [-0.25, -0.2) is 4.79 Å². The molecular weight excluding hydrogens is 353 g/mol. The van der Waals surface area contributed by atoms with Gasteiger partial charge in [0.1, 0.15) is 0 Å². The summed E-state index contributed by atoms with van der Waals surface area (Å²) in [5.74, 6) is 0. The van der Waals surface area contributed by atoms with Crippen molar-refractivity contribution in [3.8, 4) is 0 Å². The van der Waals surface area contributed by atoms with E-state index in [1.54, 1.807) is 0 Å². The Kier molecular flexibility index (Phi) is 2890. The van der Waals surface area contributed by atoms with Gasteiger partial charge in [0.25, 0.3) is 0 Å². The molecule has 106 valence electrons. The summed E-state index contributed by atoms with van der Waals surface area (Å²) in [6, 6.07) is 0. The Morgan fingerprint density at radius 3 is 0.533 bits per heavy atom. The molecule has 0 heterocycles. The number of hydrogen-bond donors (Lipinski definition) is 2. The van der Waals surface area contributed by atoms with E-state index in [0.717, 1.165) is 0 Å². The van der Waals surface area contributed by atoms with E-state index in [1.807, 2.05) is 0 Å². The quantitative estimate of drug-likeness (QED) is 0.416. The molecule has 0 aliphatic carbocycles. The van der Waals surface area contributed by atoms with Crippen LogP contribution in [0.3, 0.4) is 0 Å². The van der Waals surface area contributed by atoms with Crippen molar-refractivity contribution in [3.63, 3.8) is 0 Å². The molecule has 0 amide bonds. The molecule has 0 spiro atoms. The molecule has 14 heteroatoms. The van der Waals surface area contributed by atoms with Gasteiger partial charge in [-0.2, -0.15) is 0 Å². The molecule has 0 bridgehead atoms. The zero-order valence-corrected chi connectivity index (χ0v) is 6.80. The fourth-order valence-corrected chi connectivity index (χ4v) is 0. The molecule has 22 N–H and O–H groups in total. The van der Waals surface area contributed by atoms with E-state index in [9.17, 15) is 0 Å². The summed E-state index contributed by atoms with van der Waals surface area (Å²) < 4.78 is 0. The molecule has 0 rings (SSSR count). The van der Waals surface area contributed by atoms with Crippen molar-refractivity contribution in [1.82, 2.24) is 0 Å². The Balaban J connectivity index is -0.000000000818. The van der Waals surface area contributed by atoms with Crippen molar-refractivity contribution >= 4 is 75.0 Å². The van der Waals surface area contributed by atoms with E-state index in [1.165, 1.54) is 0 Å². The third-order valence-corrected chi connectivity index (χ3v) is 0. The van der Waals surface area contributed by atoms with E-state index in [0.29, 0.717) is 0 Å². The van der Waals surface area contributed by atoms with E-state index in [2.05, 4.69) is 0 Å². The molecule has 0 aromatic heterocycles. The van der Waals surface area contributed by atoms with Crippen LogP contribution in [0.1, 0.15) is 0 Å². The fourth-order valence-electron chi connectivity index (χ4n) is 0.